The number of nitrogens with one attached hydrogen (secondary N) is 1. The summed E-state index contributed by atoms with van der Waals surface area (Å²) in [6, 6.07) is 5.61. The largest absolute Gasteiger partial charge is 0.378 e. The van der Waals surface area contributed by atoms with E-state index in [9.17, 15) is 9.59 Å². The van der Waals surface area contributed by atoms with Crippen molar-refractivity contribution in [3.63, 3.8) is 0 Å². The van der Waals surface area contributed by atoms with Crippen molar-refractivity contribution in [3.05, 3.63) is 29.3 Å². The highest BCUT2D eigenvalue weighted by Crippen LogP contribution is 2.26. The number of benzene rings is 1. The second kappa shape index (κ2) is 9.35. The van der Waals surface area contributed by atoms with Crippen molar-refractivity contribution in [2.24, 2.45) is 11.7 Å². The number of rotatable bonds is 3. The van der Waals surface area contributed by atoms with E-state index in [1.807, 2.05) is 25.1 Å². The molecule has 2 fully saturated rings. The summed E-state index contributed by atoms with van der Waals surface area (Å²) in [7, 11) is 0. The Hall–Kier alpha value is -1.63. The summed E-state index contributed by atoms with van der Waals surface area (Å²) in [6.07, 6.45) is 3.60. The topological polar surface area (TPSA) is 84.7 Å². The predicted octanol–water partition coefficient (Wildman–Crippen LogP) is 2.35. The first-order valence-corrected chi connectivity index (χ1v) is 9.09. The highest BCUT2D eigenvalue weighted by atomic mass is 35.5. The van der Waals surface area contributed by atoms with Gasteiger partial charge < -0.3 is 20.7 Å². The number of nitrogens with two attached hydrogens (primary N) is 1. The van der Waals surface area contributed by atoms with Crippen LogP contribution in [0.4, 0.5) is 5.69 Å². The third-order valence-corrected chi connectivity index (χ3v) is 5.21. The van der Waals surface area contributed by atoms with E-state index in [2.05, 4.69) is 5.32 Å². The maximum Gasteiger partial charge on any atom is 0.254 e. The normalized spacial score (nSPS) is 23.1. The number of ether oxygens (including phenoxy) is 1. The fourth-order valence-corrected chi connectivity index (χ4v) is 3.64. The smallest absolute Gasteiger partial charge is 0.254 e. The molecule has 144 valence electrons. The van der Waals surface area contributed by atoms with Gasteiger partial charge in [0.05, 0.1) is 13.2 Å². The van der Waals surface area contributed by atoms with E-state index in [1.165, 1.54) is 0 Å². The molecular weight excluding hydrogens is 354 g/mol. The van der Waals surface area contributed by atoms with Crippen molar-refractivity contribution in [1.29, 1.82) is 0 Å². The number of anilines is 1. The Morgan fingerprint density at radius 2 is 1.96 bits per heavy atom. The molecule has 1 aliphatic heterocycles. The number of nitrogens with zero attached hydrogens (tertiary/aromatic N) is 1. The van der Waals surface area contributed by atoms with E-state index in [1.54, 1.807) is 4.90 Å². The molecule has 0 bridgehead atoms. The first kappa shape index (κ1) is 20.7. The quantitative estimate of drug-likeness (QED) is 0.841. The van der Waals surface area contributed by atoms with Crippen LogP contribution in [0.5, 0.6) is 0 Å². The minimum Gasteiger partial charge on any atom is -0.378 e. The Bertz CT molecular complexity index is 647. The average molecular weight is 382 g/mol. The molecule has 0 aromatic heterocycles. The minimum atomic E-state index is -0.0400. The number of hydrogen-bond acceptors (Lipinski definition) is 4. The Morgan fingerprint density at radius 1 is 1.23 bits per heavy atom. The molecule has 3 N–H and O–H groups in total. The highest BCUT2D eigenvalue weighted by Gasteiger charge is 2.26. The molecule has 2 aliphatic rings. The van der Waals surface area contributed by atoms with Crippen molar-refractivity contribution in [2.75, 3.05) is 31.6 Å². The summed E-state index contributed by atoms with van der Waals surface area (Å²) in [5.41, 5.74) is 8.15. The Labute approximate surface area is 160 Å². The molecule has 1 aromatic carbocycles. The fourth-order valence-electron chi connectivity index (χ4n) is 3.64. The summed E-state index contributed by atoms with van der Waals surface area (Å²) >= 11 is 0. The van der Waals surface area contributed by atoms with E-state index >= 15 is 0 Å². The zero-order valence-corrected chi connectivity index (χ0v) is 16.0. The zero-order valence-electron chi connectivity index (χ0n) is 15.2. The van der Waals surface area contributed by atoms with Crippen LogP contribution in [0.2, 0.25) is 0 Å². The second-order valence-electron chi connectivity index (χ2n) is 7.00. The molecule has 1 saturated carbocycles. The van der Waals surface area contributed by atoms with Crippen LogP contribution in [-0.4, -0.2) is 49.1 Å². The van der Waals surface area contributed by atoms with Gasteiger partial charge in [0.15, 0.2) is 0 Å². The predicted molar refractivity (Wildman–Crippen MR) is 104 cm³/mol. The van der Waals surface area contributed by atoms with E-state index in [-0.39, 0.29) is 36.2 Å². The molecule has 7 heteroatoms. The van der Waals surface area contributed by atoms with Crippen molar-refractivity contribution in [3.8, 4) is 0 Å². The van der Waals surface area contributed by atoms with Crippen molar-refractivity contribution in [2.45, 2.75) is 38.6 Å². The summed E-state index contributed by atoms with van der Waals surface area (Å²) in [4.78, 5) is 27.1. The van der Waals surface area contributed by atoms with Gasteiger partial charge in [-0.1, -0.05) is 12.5 Å². The molecular formula is C19H28ClN3O3. The lowest BCUT2D eigenvalue weighted by molar-refractivity contribution is -0.120. The summed E-state index contributed by atoms with van der Waals surface area (Å²) in [5.74, 6) is -0.0347. The Kier molecular flexibility index (Phi) is 7.43. The van der Waals surface area contributed by atoms with Crippen LogP contribution in [0.3, 0.4) is 0 Å². The first-order chi connectivity index (χ1) is 12.1. The zero-order chi connectivity index (χ0) is 17.8. The van der Waals surface area contributed by atoms with Crippen LogP contribution in [0.25, 0.3) is 0 Å². The van der Waals surface area contributed by atoms with Gasteiger partial charge in [-0.2, -0.15) is 0 Å². The van der Waals surface area contributed by atoms with Gasteiger partial charge in [0.1, 0.15) is 0 Å². The van der Waals surface area contributed by atoms with Crippen molar-refractivity contribution in [1.82, 2.24) is 4.90 Å². The number of carbonyl (C=O) groups is 2. The van der Waals surface area contributed by atoms with Crippen molar-refractivity contribution < 1.29 is 14.3 Å². The number of carbonyl (C=O) groups excluding carboxylic acids is 2. The molecule has 0 radical (unpaired) electrons. The average Bonchev–Trinajstić information content (AvgIpc) is 2.63. The van der Waals surface area contributed by atoms with Crippen LogP contribution in [0.1, 0.15) is 41.6 Å². The molecule has 0 spiro atoms. The van der Waals surface area contributed by atoms with Gasteiger partial charge in [-0.3, -0.25) is 9.59 Å². The van der Waals surface area contributed by atoms with Crippen LogP contribution >= 0.6 is 12.4 Å². The molecule has 2 unspecified atom stereocenters. The van der Waals surface area contributed by atoms with E-state index < -0.39 is 0 Å². The second-order valence-corrected chi connectivity index (χ2v) is 7.00. The minimum absolute atomic E-state index is 0. The lowest BCUT2D eigenvalue weighted by atomic mass is 9.85. The third-order valence-electron chi connectivity index (χ3n) is 5.21. The van der Waals surface area contributed by atoms with Crippen LogP contribution in [0.15, 0.2) is 18.2 Å². The third kappa shape index (κ3) is 4.75. The van der Waals surface area contributed by atoms with Gasteiger partial charge in [0.25, 0.3) is 5.91 Å². The number of amides is 2. The maximum atomic E-state index is 12.7. The summed E-state index contributed by atoms with van der Waals surface area (Å²) in [5, 5.41) is 3.01. The molecule has 2 amide bonds. The number of morpholine rings is 1. The molecule has 1 saturated heterocycles. The molecule has 1 heterocycles. The summed E-state index contributed by atoms with van der Waals surface area (Å²) < 4.78 is 5.31. The molecule has 2 atom stereocenters. The van der Waals surface area contributed by atoms with Crippen LogP contribution in [-0.2, 0) is 9.53 Å². The SMILES string of the molecule is Cc1c(NC(=O)C2CCCC(N)C2)cccc1C(=O)N1CCOCC1.Cl. The Balaban J connectivity index is 0.00000243. The molecule has 6 nitrogen and oxygen atoms in total. The van der Waals surface area contributed by atoms with E-state index in [0.29, 0.717) is 37.6 Å². The van der Waals surface area contributed by atoms with Gasteiger partial charge >= 0.3 is 0 Å². The van der Waals surface area contributed by atoms with Gasteiger partial charge in [0.2, 0.25) is 5.91 Å². The van der Waals surface area contributed by atoms with Crippen molar-refractivity contribution >= 4 is 29.9 Å². The van der Waals surface area contributed by atoms with Crippen LogP contribution < -0.4 is 11.1 Å². The standard InChI is InChI=1S/C19H27N3O3.ClH/c1-13-16(19(24)22-8-10-25-11-9-22)6-3-7-17(13)21-18(23)14-4-2-5-15(20)12-14;/h3,6-7,14-15H,2,4-5,8-12,20H2,1H3,(H,21,23);1H. The van der Waals surface area contributed by atoms with Gasteiger partial charge in [-0.05, 0) is 43.9 Å². The molecule has 3 rings (SSSR count). The van der Waals surface area contributed by atoms with Crippen LogP contribution in [0, 0.1) is 12.8 Å². The lowest BCUT2D eigenvalue weighted by Gasteiger charge is -2.28. The fraction of sp³-hybridized carbons (Fsp3) is 0.579. The van der Waals surface area contributed by atoms with Gasteiger partial charge in [-0.25, -0.2) is 0 Å². The first-order valence-electron chi connectivity index (χ1n) is 9.09. The molecule has 1 aliphatic carbocycles. The lowest BCUT2D eigenvalue weighted by Crippen LogP contribution is -2.41. The van der Waals surface area contributed by atoms with Gasteiger partial charge in [-0.15, -0.1) is 12.4 Å². The molecule has 1 aromatic rings. The summed E-state index contributed by atoms with van der Waals surface area (Å²) in [6.45, 7) is 4.24. The van der Waals surface area contributed by atoms with E-state index in [4.69, 9.17) is 10.5 Å². The molecule has 26 heavy (non-hydrogen) atoms. The van der Waals surface area contributed by atoms with Gasteiger partial charge in [0, 0.05) is 36.3 Å². The number of halogens is 1. The van der Waals surface area contributed by atoms with E-state index in [0.717, 1.165) is 31.2 Å². The highest BCUT2D eigenvalue weighted by molar-refractivity contribution is 5.99. The monoisotopic (exact) mass is 381 g/mol. The number of hydrogen-bond donors (Lipinski definition) is 2. The maximum absolute atomic E-state index is 12.7. The Morgan fingerprint density at radius 3 is 2.65 bits per heavy atom.